The van der Waals surface area contributed by atoms with E-state index in [2.05, 4.69) is 9.97 Å². The Morgan fingerprint density at radius 2 is 2.00 bits per heavy atom. The minimum atomic E-state index is -0.469. The molecule has 0 amide bonds. The van der Waals surface area contributed by atoms with E-state index in [9.17, 15) is 4.79 Å². The van der Waals surface area contributed by atoms with Crippen LogP contribution in [-0.2, 0) is 0 Å². The van der Waals surface area contributed by atoms with E-state index in [4.69, 9.17) is 28.9 Å². The number of rotatable bonds is 1. The third-order valence-electron chi connectivity index (χ3n) is 2.36. The molecule has 0 bridgehead atoms. The van der Waals surface area contributed by atoms with Crippen molar-refractivity contribution in [1.29, 1.82) is 0 Å². The second-order valence-corrected chi connectivity index (χ2v) is 4.37. The average Bonchev–Trinajstić information content (AvgIpc) is 2.21. The Bertz CT molecular complexity index is 611. The largest absolute Gasteiger partial charge is 0.383 e. The fourth-order valence-corrected chi connectivity index (χ4v) is 1.92. The van der Waals surface area contributed by atoms with Gasteiger partial charge in [-0.2, -0.15) is 4.98 Å². The van der Waals surface area contributed by atoms with Crippen molar-refractivity contribution in [1.82, 2.24) is 9.97 Å². The number of hydrogen-bond donors (Lipinski definition) is 2. The first-order valence-corrected chi connectivity index (χ1v) is 5.56. The summed E-state index contributed by atoms with van der Waals surface area (Å²) < 4.78 is 0. The molecule has 0 aliphatic rings. The van der Waals surface area contributed by atoms with Gasteiger partial charge >= 0.3 is 5.69 Å². The van der Waals surface area contributed by atoms with Crippen LogP contribution in [0.5, 0.6) is 0 Å². The maximum atomic E-state index is 11.1. The van der Waals surface area contributed by atoms with Gasteiger partial charge in [0.15, 0.2) is 0 Å². The number of anilines is 1. The Morgan fingerprint density at radius 3 is 2.59 bits per heavy atom. The van der Waals surface area contributed by atoms with Gasteiger partial charge in [0.05, 0.1) is 10.0 Å². The van der Waals surface area contributed by atoms with Crippen LogP contribution in [0.3, 0.4) is 0 Å². The molecule has 3 N–H and O–H groups in total. The van der Waals surface area contributed by atoms with Crippen LogP contribution in [0.1, 0.15) is 5.69 Å². The summed E-state index contributed by atoms with van der Waals surface area (Å²) in [5.74, 6) is 0.171. The van der Waals surface area contributed by atoms with E-state index in [-0.39, 0.29) is 5.82 Å². The predicted molar refractivity (Wildman–Crippen MR) is 69.5 cm³/mol. The van der Waals surface area contributed by atoms with Crippen LogP contribution in [-0.4, -0.2) is 9.97 Å². The molecule has 17 heavy (non-hydrogen) atoms. The van der Waals surface area contributed by atoms with E-state index in [0.717, 1.165) is 5.56 Å². The summed E-state index contributed by atoms with van der Waals surface area (Å²) in [6, 6.07) is 5.12. The van der Waals surface area contributed by atoms with Crippen molar-refractivity contribution in [2.24, 2.45) is 0 Å². The first-order valence-electron chi connectivity index (χ1n) is 4.81. The standard InChI is InChI=1S/C11H9Cl2N3O/c1-5-9(10(14)16-11(17)15-5)6-2-3-7(12)8(13)4-6/h2-4H,1H3,(H3,14,15,16,17). The highest BCUT2D eigenvalue weighted by Gasteiger charge is 2.10. The van der Waals surface area contributed by atoms with Crippen LogP contribution in [0.4, 0.5) is 5.82 Å². The summed E-state index contributed by atoms with van der Waals surface area (Å²) in [6.07, 6.45) is 0. The van der Waals surface area contributed by atoms with E-state index in [1.165, 1.54) is 0 Å². The third kappa shape index (κ3) is 2.28. The first-order chi connectivity index (χ1) is 7.99. The molecular weight excluding hydrogens is 261 g/mol. The van der Waals surface area contributed by atoms with Crippen LogP contribution in [0.25, 0.3) is 11.1 Å². The highest BCUT2D eigenvalue weighted by atomic mass is 35.5. The molecule has 0 radical (unpaired) electrons. The first kappa shape index (κ1) is 12.0. The third-order valence-corrected chi connectivity index (χ3v) is 3.09. The van der Waals surface area contributed by atoms with Gasteiger partial charge in [-0.3, -0.25) is 0 Å². The normalized spacial score (nSPS) is 10.5. The lowest BCUT2D eigenvalue weighted by Gasteiger charge is -2.08. The maximum Gasteiger partial charge on any atom is 0.347 e. The molecule has 2 aromatic rings. The second-order valence-electron chi connectivity index (χ2n) is 3.56. The minimum absolute atomic E-state index is 0.171. The number of aryl methyl sites for hydroxylation is 1. The van der Waals surface area contributed by atoms with E-state index in [1.54, 1.807) is 25.1 Å². The number of nitrogens with one attached hydrogen (secondary N) is 1. The van der Waals surface area contributed by atoms with Crippen molar-refractivity contribution in [2.45, 2.75) is 6.92 Å². The summed E-state index contributed by atoms with van der Waals surface area (Å²) in [5, 5.41) is 0.887. The number of aromatic amines is 1. The zero-order valence-corrected chi connectivity index (χ0v) is 10.4. The molecule has 6 heteroatoms. The SMILES string of the molecule is Cc1[nH]c(=O)nc(N)c1-c1ccc(Cl)c(Cl)c1. The van der Waals surface area contributed by atoms with Crippen LogP contribution in [0.2, 0.25) is 10.0 Å². The van der Waals surface area contributed by atoms with Crippen molar-refractivity contribution in [3.8, 4) is 11.1 Å². The lowest BCUT2D eigenvalue weighted by molar-refractivity contribution is 1.04. The minimum Gasteiger partial charge on any atom is -0.383 e. The molecule has 0 saturated heterocycles. The van der Waals surface area contributed by atoms with Gasteiger partial charge in [-0.15, -0.1) is 0 Å². The van der Waals surface area contributed by atoms with Crippen LogP contribution in [0, 0.1) is 6.92 Å². The molecule has 4 nitrogen and oxygen atoms in total. The zero-order valence-electron chi connectivity index (χ0n) is 8.92. The maximum absolute atomic E-state index is 11.1. The van der Waals surface area contributed by atoms with Gasteiger partial charge in [0.2, 0.25) is 0 Å². The van der Waals surface area contributed by atoms with Gasteiger partial charge in [-0.25, -0.2) is 4.79 Å². The van der Waals surface area contributed by atoms with Gasteiger partial charge in [-0.1, -0.05) is 29.3 Å². The molecule has 0 unspecified atom stereocenters. The van der Waals surface area contributed by atoms with Crippen molar-refractivity contribution in [3.05, 3.63) is 44.4 Å². The lowest BCUT2D eigenvalue weighted by Crippen LogP contribution is -2.15. The molecule has 0 spiro atoms. The molecule has 0 aliphatic carbocycles. The van der Waals surface area contributed by atoms with Gasteiger partial charge in [0, 0.05) is 11.3 Å². The zero-order chi connectivity index (χ0) is 12.6. The van der Waals surface area contributed by atoms with Crippen LogP contribution >= 0.6 is 23.2 Å². The monoisotopic (exact) mass is 269 g/mol. The fourth-order valence-electron chi connectivity index (χ4n) is 1.62. The van der Waals surface area contributed by atoms with Crippen LogP contribution in [0.15, 0.2) is 23.0 Å². The average molecular weight is 270 g/mol. The lowest BCUT2D eigenvalue weighted by atomic mass is 10.1. The van der Waals surface area contributed by atoms with Crippen molar-refractivity contribution >= 4 is 29.0 Å². The Morgan fingerprint density at radius 1 is 1.29 bits per heavy atom. The Balaban J connectivity index is 2.68. The quantitative estimate of drug-likeness (QED) is 0.836. The summed E-state index contributed by atoms with van der Waals surface area (Å²) in [6.45, 7) is 1.75. The number of H-pyrrole nitrogens is 1. The second kappa shape index (κ2) is 4.39. The number of nitrogens with zero attached hydrogens (tertiary/aromatic N) is 1. The van der Waals surface area contributed by atoms with Gasteiger partial charge in [0.25, 0.3) is 0 Å². The summed E-state index contributed by atoms with van der Waals surface area (Å²) in [7, 11) is 0. The van der Waals surface area contributed by atoms with E-state index in [1.807, 2.05) is 0 Å². The molecule has 1 aromatic heterocycles. The number of aromatic nitrogens is 2. The number of hydrogen-bond acceptors (Lipinski definition) is 3. The van der Waals surface area contributed by atoms with Gasteiger partial charge < -0.3 is 10.7 Å². The van der Waals surface area contributed by atoms with Crippen molar-refractivity contribution in [3.63, 3.8) is 0 Å². The highest BCUT2D eigenvalue weighted by Crippen LogP contribution is 2.31. The Labute approximate surface area is 107 Å². The highest BCUT2D eigenvalue weighted by molar-refractivity contribution is 6.42. The Hall–Kier alpha value is -1.52. The van der Waals surface area contributed by atoms with E-state index in [0.29, 0.717) is 21.3 Å². The molecule has 0 fully saturated rings. The molecule has 2 rings (SSSR count). The number of halogens is 2. The van der Waals surface area contributed by atoms with E-state index < -0.39 is 5.69 Å². The number of benzene rings is 1. The fraction of sp³-hybridized carbons (Fsp3) is 0.0909. The van der Waals surface area contributed by atoms with Crippen molar-refractivity contribution in [2.75, 3.05) is 5.73 Å². The molecule has 1 heterocycles. The van der Waals surface area contributed by atoms with Gasteiger partial charge in [0.1, 0.15) is 5.82 Å². The van der Waals surface area contributed by atoms with Crippen molar-refractivity contribution < 1.29 is 0 Å². The van der Waals surface area contributed by atoms with E-state index >= 15 is 0 Å². The summed E-state index contributed by atoms with van der Waals surface area (Å²) in [4.78, 5) is 17.4. The smallest absolute Gasteiger partial charge is 0.347 e. The molecule has 1 aromatic carbocycles. The molecular formula is C11H9Cl2N3O. The molecule has 0 aliphatic heterocycles. The molecule has 0 saturated carbocycles. The Kier molecular flexibility index (Phi) is 3.09. The number of nitrogens with two attached hydrogens (primary N) is 1. The molecule has 88 valence electrons. The summed E-state index contributed by atoms with van der Waals surface area (Å²) in [5.41, 5.74) is 7.32. The number of nitrogen functional groups attached to an aromatic ring is 1. The topological polar surface area (TPSA) is 71.8 Å². The summed E-state index contributed by atoms with van der Waals surface area (Å²) >= 11 is 11.8. The predicted octanol–water partition coefficient (Wildman–Crippen LogP) is 2.63. The van der Waals surface area contributed by atoms with Gasteiger partial charge in [-0.05, 0) is 24.6 Å². The van der Waals surface area contributed by atoms with Crippen LogP contribution < -0.4 is 11.4 Å². The molecule has 0 atom stereocenters.